The van der Waals surface area contributed by atoms with Gasteiger partial charge in [0.2, 0.25) is 0 Å². The molecule has 0 spiro atoms. The fraction of sp³-hybridized carbons (Fsp3) is 0.500. The highest BCUT2D eigenvalue weighted by atomic mass is 15.3. The van der Waals surface area contributed by atoms with E-state index in [0.717, 1.165) is 26.2 Å². The lowest BCUT2D eigenvalue weighted by molar-refractivity contribution is 0.654. The predicted molar refractivity (Wildman–Crippen MR) is 66.6 cm³/mol. The SMILES string of the molecule is CCNCc1cnn(Cc2cnn(CC)c2)c1. The minimum absolute atomic E-state index is 0.784. The van der Waals surface area contributed by atoms with E-state index in [2.05, 4.69) is 41.8 Å². The number of nitrogens with one attached hydrogen (secondary N) is 1. The van der Waals surface area contributed by atoms with Crippen molar-refractivity contribution in [2.24, 2.45) is 0 Å². The molecule has 0 unspecified atom stereocenters. The molecular formula is C12H19N5. The van der Waals surface area contributed by atoms with Crippen LogP contribution in [0.2, 0.25) is 0 Å². The van der Waals surface area contributed by atoms with E-state index in [4.69, 9.17) is 0 Å². The van der Waals surface area contributed by atoms with Gasteiger partial charge in [0, 0.05) is 36.6 Å². The van der Waals surface area contributed by atoms with Gasteiger partial charge in [-0.1, -0.05) is 6.92 Å². The zero-order valence-corrected chi connectivity index (χ0v) is 10.4. The van der Waals surface area contributed by atoms with Crippen LogP contribution in [0.3, 0.4) is 0 Å². The van der Waals surface area contributed by atoms with Crippen molar-refractivity contribution < 1.29 is 0 Å². The van der Waals surface area contributed by atoms with Gasteiger partial charge in [0.05, 0.1) is 18.9 Å². The first-order valence-corrected chi connectivity index (χ1v) is 6.05. The van der Waals surface area contributed by atoms with E-state index in [1.165, 1.54) is 11.1 Å². The lowest BCUT2D eigenvalue weighted by Crippen LogP contribution is -2.11. The number of aryl methyl sites for hydroxylation is 1. The van der Waals surface area contributed by atoms with Crippen LogP contribution >= 0.6 is 0 Å². The minimum Gasteiger partial charge on any atom is -0.313 e. The number of hydrogen-bond donors (Lipinski definition) is 1. The van der Waals surface area contributed by atoms with Crippen molar-refractivity contribution >= 4 is 0 Å². The molecule has 2 aromatic heterocycles. The minimum atomic E-state index is 0.784. The average molecular weight is 233 g/mol. The standard InChI is InChI=1S/C12H19N5/c1-3-13-5-11-6-15-17(8-11)10-12-7-14-16(4-2)9-12/h6-9,13H,3-5,10H2,1-2H3. The highest BCUT2D eigenvalue weighted by Crippen LogP contribution is 2.03. The zero-order chi connectivity index (χ0) is 12.1. The number of aromatic nitrogens is 4. The largest absolute Gasteiger partial charge is 0.313 e. The van der Waals surface area contributed by atoms with E-state index >= 15 is 0 Å². The molecule has 2 rings (SSSR count). The average Bonchev–Trinajstić information content (AvgIpc) is 2.96. The van der Waals surface area contributed by atoms with Gasteiger partial charge >= 0.3 is 0 Å². The Kier molecular flexibility index (Phi) is 3.93. The first-order valence-electron chi connectivity index (χ1n) is 6.05. The third-order valence-electron chi connectivity index (χ3n) is 2.62. The van der Waals surface area contributed by atoms with Crippen molar-refractivity contribution in [2.45, 2.75) is 33.5 Å². The topological polar surface area (TPSA) is 47.7 Å². The molecule has 2 heterocycles. The summed E-state index contributed by atoms with van der Waals surface area (Å²) in [5, 5.41) is 11.9. The van der Waals surface area contributed by atoms with E-state index in [9.17, 15) is 0 Å². The Morgan fingerprint density at radius 3 is 2.47 bits per heavy atom. The number of rotatable bonds is 6. The Hall–Kier alpha value is -1.62. The summed E-state index contributed by atoms with van der Waals surface area (Å²) in [5.41, 5.74) is 2.40. The van der Waals surface area contributed by atoms with E-state index in [-0.39, 0.29) is 0 Å². The Labute approximate surface area is 101 Å². The third kappa shape index (κ3) is 3.17. The lowest BCUT2D eigenvalue weighted by atomic mass is 10.3. The predicted octanol–water partition coefficient (Wildman–Crippen LogP) is 1.26. The molecule has 0 saturated carbocycles. The second-order valence-electron chi connectivity index (χ2n) is 4.03. The molecule has 0 aliphatic heterocycles. The second-order valence-corrected chi connectivity index (χ2v) is 4.03. The van der Waals surface area contributed by atoms with E-state index in [1.807, 2.05) is 21.8 Å². The molecule has 5 nitrogen and oxygen atoms in total. The van der Waals surface area contributed by atoms with Crippen LogP contribution in [0.25, 0.3) is 0 Å². The fourth-order valence-electron chi connectivity index (χ4n) is 1.70. The first kappa shape index (κ1) is 11.9. The van der Waals surface area contributed by atoms with Gasteiger partial charge in [0.25, 0.3) is 0 Å². The van der Waals surface area contributed by atoms with E-state index < -0.39 is 0 Å². The van der Waals surface area contributed by atoms with Crippen molar-refractivity contribution in [2.75, 3.05) is 6.54 Å². The summed E-state index contributed by atoms with van der Waals surface area (Å²) in [6.45, 7) is 7.73. The highest BCUT2D eigenvalue weighted by Gasteiger charge is 2.01. The summed E-state index contributed by atoms with van der Waals surface area (Å²) >= 11 is 0. The van der Waals surface area contributed by atoms with Gasteiger partial charge in [-0.25, -0.2) is 0 Å². The molecule has 0 saturated heterocycles. The first-order chi connectivity index (χ1) is 8.31. The van der Waals surface area contributed by atoms with Crippen LogP contribution in [0.4, 0.5) is 0 Å². The quantitative estimate of drug-likeness (QED) is 0.817. The summed E-state index contributed by atoms with van der Waals surface area (Å²) < 4.78 is 3.88. The van der Waals surface area contributed by atoms with Crippen molar-refractivity contribution in [1.29, 1.82) is 0 Å². The Morgan fingerprint density at radius 1 is 1.06 bits per heavy atom. The van der Waals surface area contributed by atoms with Crippen LogP contribution in [0.15, 0.2) is 24.8 Å². The lowest BCUT2D eigenvalue weighted by Gasteiger charge is -1.98. The van der Waals surface area contributed by atoms with Crippen LogP contribution < -0.4 is 5.32 Å². The van der Waals surface area contributed by atoms with Gasteiger partial charge in [0.15, 0.2) is 0 Å². The second kappa shape index (κ2) is 5.63. The summed E-state index contributed by atoms with van der Waals surface area (Å²) in [4.78, 5) is 0. The maximum atomic E-state index is 4.34. The molecule has 0 bridgehead atoms. The van der Waals surface area contributed by atoms with E-state index in [1.54, 1.807) is 0 Å². The van der Waals surface area contributed by atoms with Crippen LogP contribution in [0.5, 0.6) is 0 Å². The maximum Gasteiger partial charge on any atom is 0.0690 e. The van der Waals surface area contributed by atoms with Crippen molar-refractivity contribution in [3.63, 3.8) is 0 Å². The molecule has 0 amide bonds. The summed E-state index contributed by atoms with van der Waals surface area (Å²) in [5.74, 6) is 0. The molecule has 2 aromatic rings. The van der Waals surface area contributed by atoms with Crippen LogP contribution in [0, 0.1) is 0 Å². The molecule has 0 aliphatic rings. The van der Waals surface area contributed by atoms with Gasteiger partial charge in [-0.15, -0.1) is 0 Å². The molecule has 1 N–H and O–H groups in total. The Bertz CT molecular complexity index is 457. The van der Waals surface area contributed by atoms with Gasteiger partial charge in [0.1, 0.15) is 0 Å². The monoisotopic (exact) mass is 233 g/mol. The molecular weight excluding hydrogens is 214 g/mol. The van der Waals surface area contributed by atoms with Crippen LogP contribution in [-0.2, 0) is 19.6 Å². The van der Waals surface area contributed by atoms with Crippen molar-refractivity contribution in [3.8, 4) is 0 Å². The summed E-state index contributed by atoms with van der Waals surface area (Å²) in [6, 6.07) is 0. The summed E-state index contributed by atoms with van der Waals surface area (Å²) in [7, 11) is 0. The van der Waals surface area contributed by atoms with Gasteiger partial charge < -0.3 is 5.32 Å². The molecule has 0 aliphatic carbocycles. The van der Waals surface area contributed by atoms with Gasteiger partial charge in [-0.3, -0.25) is 9.36 Å². The zero-order valence-electron chi connectivity index (χ0n) is 10.4. The third-order valence-corrected chi connectivity index (χ3v) is 2.62. The van der Waals surface area contributed by atoms with Crippen molar-refractivity contribution in [1.82, 2.24) is 24.9 Å². The fourth-order valence-corrected chi connectivity index (χ4v) is 1.70. The Morgan fingerprint density at radius 2 is 1.76 bits per heavy atom. The summed E-state index contributed by atoms with van der Waals surface area (Å²) in [6.07, 6.45) is 7.94. The van der Waals surface area contributed by atoms with Gasteiger partial charge in [-0.2, -0.15) is 10.2 Å². The molecule has 0 atom stereocenters. The van der Waals surface area contributed by atoms with Crippen LogP contribution in [-0.4, -0.2) is 26.1 Å². The van der Waals surface area contributed by atoms with Gasteiger partial charge in [-0.05, 0) is 13.5 Å². The van der Waals surface area contributed by atoms with E-state index in [0.29, 0.717) is 0 Å². The molecule has 0 fully saturated rings. The maximum absolute atomic E-state index is 4.34. The molecule has 92 valence electrons. The smallest absolute Gasteiger partial charge is 0.0690 e. The number of nitrogens with zero attached hydrogens (tertiary/aromatic N) is 4. The highest BCUT2D eigenvalue weighted by molar-refractivity contribution is 5.08. The molecule has 17 heavy (non-hydrogen) atoms. The van der Waals surface area contributed by atoms with Crippen LogP contribution in [0.1, 0.15) is 25.0 Å². The Balaban J connectivity index is 1.96. The normalized spacial score (nSPS) is 10.9. The molecule has 5 heteroatoms. The van der Waals surface area contributed by atoms with Crippen molar-refractivity contribution in [3.05, 3.63) is 35.9 Å². The number of hydrogen-bond acceptors (Lipinski definition) is 3. The molecule has 0 aromatic carbocycles. The molecule has 0 radical (unpaired) electrons.